The number of amides is 1. The number of imidazole rings is 1. The van der Waals surface area contributed by atoms with Crippen LogP contribution in [0.4, 0.5) is 0 Å². The van der Waals surface area contributed by atoms with E-state index in [0.717, 1.165) is 50.0 Å². The van der Waals surface area contributed by atoms with Crippen molar-refractivity contribution in [2.45, 2.75) is 50.1 Å². The fraction of sp³-hybridized carbons (Fsp3) is 0.444. The number of aryl methyl sites for hydroxylation is 1. The van der Waals surface area contributed by atoms with Crippen molar-refractivity contribution >= 4 is 5.91 Å². The summed E-state index contributed by atoms with van der Waals surface area (Å²) in [6.45, 7) is 0.839. The van der Waals surface area contributed by atoms with Crippen molar-refractivity contribution in [1.82, 2.24) is 14.9 Å². The van der Waals surface area contributed by atoms with Crippen LogP contribution in [0.2, 0.25) is 0 Å². The Hall–Kier alpha value is -2.10. The lowest BCUT2D eigenvalue weighted by Crippen LogP contribution is -2.53. The zero-order chi connectivity index (χ0) is 15.0. The van der Waals surface area contributed by atoms with E-state index in [1.807, 2.05) is 30.6 Å². The van der Waals surface area contributed by atoms with Gasteiger partial charge in [0, 0.05) is 31.4 Å². The summed E-state index contributed by atoms with van der Waals surface area (Å²) in [6.07, 6.45) is 8.83. The number of nitrogens with one attached hydrogen (secondary N) is 1. The molecule has 22 heavy (non-hydrogen) atoms. The van der Waals surface area contributed by atoms with Gasteiger partial charge in [-0.3, -0.25) is 4.79 Å². The fourth-order valence-electron chi connectivity index (χ4n) is 3.74. The van der Waals surface area contributed by atoms with Gasteiger partial charge in [-0.1, -0.05) is 36.8 Å². The molecule has 2 aromatic rings. The van der Waals surface area contributed by atoms with Crippen molar-refractivity contribution in [3.8, 4) is 0 Å². The summed E-state index contributed by atoms with van der Waals surface area (Å²) in [5.41, 5.74) is 0.870. The van der Waals surface area contributed by atoms with E-state index in [1.54, 1.807) is 0 Å². The molecule has 4 heteroatoms. The Labute approximate surface area is 130 Å². The van der Waals surface area contributed by atoms with E-state index in [9.17, 15) is 4.79 Å². The van der Waals surface area contributed by atoms with Crippen LogP contribution >= 0.6 is 0 Å². The van der Waals surface area contributed by atoms with Crippen LogP contribution in [0.25, 0.3) is 0 Å². The summed E-state index contributed by atoms with van der Waals surface area (Å²) in [6, 6.07) is 10.5. The van der Waals surface area contributed by atoms with Crippen LogP contribution in [0.15, 0.2) is 42.7 Å². The van der Waals surface area contributed by atoms with Crippen LogP contribution in [0, 0.1) is 0 Å². The SMILES string of the molecule is O=C(N[C@H]1CCc2nccn2C1)C1(c2ccccc2)CCC1. The van der Waals surface area contributed by atoms with Gasteiger partial charge < -0.3 is 9.88 Å². The molecule has 1 atom stereocenters. The standard InChI is InChI=1S/C18H21N3O/c22-17(18(9-4-10-18)14-5-2-1-3-6-14)20-15-7-8-16-19-11-12-21(16)13-15/h1-3,5-6,11-12,15H,4,7-10,13H2,(H,20,22)/t15-/m0/s1. The lowest BCUT2D eigenvalue weighted by Gasteiger charge is -2.42. The molecule has 4 rings (SSSR count). The van der Waals surface area contributed by atoms with E-state index in [4.69, 9.17) is 0 Å². The largest absolute Gasteiger partial charge is 0.351 e. The number of fused-ring (bicyclic) bond motifs is 1. The molecule has 0 saturated heterocycles. The molecular weight excluding hydrogens is 274 g/mol. The highest BCUT2D eigenvalue weighted by Crippen LogP contribution is 2.44. The first kappa shape index (κ1) is 13.6. The van der Waals surface area contributed by atoms with Gasteiger partial charge in [0.2, 0.25) is 5.91 Å². The number of rotatable bonds is 3. The maximum atomic E-state index is 12.9. The molecular formula is C18H21N3O. The van der Waals surface area contributed by atoms with Gasteiger partial charge in [-0.25, -0.2) is 4.98 Å². The molecule has 1 aromatic carbocycles. The van der Waals surface area contributed by atoms with E-state index < -0.39 is 0 Å². The molecule has 0 radical (unpaired) electrons. The molecule has 1 N–H and O–H groups in total. The second-order valence-electron chi connectivity index (χ2n) is 6.51. The van der Waals surface area contributed by atoms with Gasteiger partial charge >= 0.3 is 0 Å². The fourth-order valence-corrected chi connectivity index (χ4v) is 3.74. The molecule has 114 valence electrons. The van der Waals surface area contributed by atoms with Gasteiger partial charge in [0.15, 0.2) is 0 Å². The van der Waals surface area contributed by atoms with Crippen molar-refractivity contribution in [2.75, 3.05) is 0 Å². The topological polar surface area (TPSA) is 46.9 Å². The van der Waals surface area contributed by atoms with Crippen molar-refractivity contribution in [3.05, 3.63) is 54.1 Å². The van der Waals surface area contributed by atoms with Crippen molar-refractivity contribution < 1.29 is 4.79 Å². The van der Waals surface area contributed by atoms with E-state index in [0.29, 0.717) is 0 Å². The Kier molecular flexibility index (Phi) is 3.25. The maximum absolute atomic E-state index is 12.9. The Morgan fingerprint density at radius 1 is 1.27 bits per heavy atom. The quantitative estimate of drug-likeness (QED) is 0.945. The first-order valence-corrected chi connectivity index (χ1v) is 8.14. The van der Waals surface area contributed by atoms with Crippen LogP contribution in [-0.2, 0) is 23.2 Å². The zero-order valence-electron chi connectivity index (χ0n) is 12.7. The summed E-state index contributed by atoms with van der Waals surface area (Å²) < 4.78 is 2.16. The summed E-state index contributed by atoms with van der Waals surface area (Å²) in [5.74, 6) is 1.34. The Morgan fingerprint density at radius 3 is 2.82 bits per heavy atom. The highest BCUT2D eigenvalue weighted by molar-refractivity contribution is 5.89. The molecule has 1 saturated carbocycles. The monoisotopic (exact) mass is 295 g/mol. The molecule has 4 nitrogen and oxygen atoms in total. The highest BCUT2D eigenvalue weighted by Gasteiger charge is 2.46. The molecule has 1 amide bonds. The number of hydrogen-bond acceptors (Lipinski definition) is 2. The van der Waals surface area contributed by atoms with Crippen molar-refractivity contribution in [2.24, 2.45) is 0 Å². The number of benzene rings is 1. The molecule has 1 aromatic heterocycles. The number of carbonyl (C=O) groups is 1. The maximum Gasteiger partial charge on any atom is 0.230 e. The van der Waals surface area contributed by atoms with Crippen LogP contribution in [0.1, 0.15) is 37.1 Å². The lowest BCUT2D eigenvalue weighted by molar-refractivity contribution is -0.130. The van der Waals surface area contributed by atoms with Crippen LogP contribution < -0.4 is 5.32 Å². The van der Waals surface area contributed by atoms with Crippen molar-refractivity contribution in [1.29, 1.82) is 0 Å². The van der Waals surface area contributed by atoms with Crippen LogP contribution in [0.3, 0.4) is 0 Å². The zero-order valence-corrected chi connectivity index (χ0v) is 12.7. The third-order valence-corrected chi connectivity index (χ3v) is 5.24. The van der Waals surface area contributed by atoms with Gasteiger partial charge in [-0.15, -0.1) is 0 Å². The summed E-state index contributed by atoms with van der Waals surface area (Å²) in [5, 5.41) is 3.30. The van der Waals surface area contributed by atoms with Gasteiger partial charge in [0.1, 0.15) is 5.82 Å². The van der Waals surface area contributed by atoms with Gasteiger partial charge in [-0.2, -0.15) is 0 Å². The predicted octanol–water partition coefficient (Wildman–Crippen LogP) is 2.44. The molecule has 0 spiro atoms. The first-order valence-electron chi connectivity index (χ1n) is 8.14. The first-order chi connectivity index (χ1) is 10.8. The minimum Gasteiger partial charge on any atom is -0.351 e. The summed E-state index contributed by atoms with van der Waals surface area (Å²) in [4.78, 5) is 17.3. The second kappa shape index (κ2) is 5.27. The molecule has 0 unspecified atom stereocenters. The average Bonchev–Trinajstić information content (AvgIpc) is 2.95. The molecule has 0 bridgehead atoms. The smallest absolute Gasteiger partial charge is 0.230 e. The summed E-state index contributed by atoms with van der Waals surface area (Å²) in [7, 11) is 0. The molecule has 2 aliphatic rings. The van der Waals surface area contributed by atoms with Crippen LogP contribution in [-0.4, -0.2) is 21.5 Å². The van der Waals surface area contributed by atoms with E-state index >= 15 is 0 Å². The Morgan fingerprint density at radius 2 is 2.09 bits per heavy atom. The number of nitrogens with zero attached hydrogens (tertiary/aromatic N) is 2. The third kappa shape index (κ3) is 2.14. The minimum atomic E-state index is -0.295. The van der Waals surface area contributed by atoms with E-state index in [1.165, 1.54) is 0 Å². The average molecular weight is 295 g/mol. The molecule has 2 heterocycles. The van der Waals surface area contributed by atoms with Gasteiger partial charge in [0.25, 0.3) is 0 Å². The predicted molar refractivity (Wildman–Crippen MR) is 84.4 cm³/mol. The Balaban J connectivity index is 1.50. The van der Waals surface area contributed by atoms with Crippen molar-refractivity contribution in [3.63, 3.8) is 0 Å². The van der Waals surface area contributed by atoms with E-state index in [-0.39, 0.29) is 17.4 Å². The van der Waals surface area contributed by atoms with Crippen LogP contribution in [0.5, 0.6) is 0 Å². The molecule has 1 aliphatic carbocycles. The number of hydrogen-bond donors (Lipinski definition) is 1. The lowest BCUT2D eigenvalue weighted by atomic mass is 9.63. The minimum absolute atomic E-state index is 0.207. The normalized spacial score (nSPS) is 22.5. The number of carbonyl (C=O) groups excluding carboxylic acids is 1. The molecule has 1 fully saturated rings. The van der Waals surface area contributed by atoms with Gasteiger partial charge in [0.05, 0.1) is 5.41 Å². The third-order valence-electron chi connectivity index (χ3n) is 5.24. The van der Waals surface area contributed by atoms with E-state index in [2.05, 4.69) is 27.0 Å². The van der Waals surface area contributed by atoms with Gasteiger partial charge in [-0.05, 0) is 24.8 Å². The number of aromatic nitrogens is 2. The Bertz CT molecular complexity index is 673. The highest BCUT2D eigenvalue weighted by atomic mass is 16.2. The summed E-state index contributed by atoms with van der Waals surface area (Å²) >= 11 is 0. The molecule has 1 aliphatic heterocycles. The second-order valence-corrected chi connectivity index (χ2v) is 6.51.